The third-order valence-electron chi connectivity index (χ3n) is 4.25. The van der Waals surface area contributed by atoms with Gasteiger partial charge in [0.2, 0.25) is 5.91 Å². The maximum atomic E-state index is 12.5. The molecule has 0 aromatic carbocycles. The summed E-state index contributed by atoms with van der Waals surface area (Å²) in [5.74, 6) is 0.529. The molecule has 1 saturated heterocycles. The van der Waals surface area contributed by atoms with E-state index in [1.165, 1.54) is 0 Å². The second-order valence-electron chi connectivity index (χ2n) is 6.14. The number of pyridine rings is 1. The van der Waals surface area contributed by atoms with E-state index in [-0.39, 0.29) is 5.91 Å². The molecule has 5 nitrogen and oxygen atoms in total. The van der Waals surface area contributed by atoms with Crippen molar-refractivity contribution in [2.45, 2.75) is 39.0 Å². The van der Waals surface area contributed by atoms with Crippen LogP contribution in [0.5, 0.6) is 0 Å². The van der Waals surface area contributed by atoms with Gasteiger partial charge in [-0.1, -0.05) is 6.07 Å². The zero-order valence-corrected chi connectivity index (χ0v) is 13.2. The Morgan fingerprint density at radius 1 is 1.41 bits per heavy atom. The first-order valence-electron chi connectivity index (χ1n) is 7.83. The highest BCUT2D eigenvalue weighted by Crippen LogP contribution is 2.26. The van der Waals surface area contributed by atoms with Crippen molar-refractivity contribution >= 4 is 5.91 Å². The van der Waals surface area contributed by atoms with Gasteiger partial charge in [0.05, 0.1) is 12.1 Å². The number of aryl methyl sites for hydroxylation is 2. The number of H-pyrrole nitrogens is 1. The summed E-state index contributed by atoms with van der Waals surface area (Å²) in [5, 5.41) is 7.35. The Morgan fingerprint density at radius 3 is 2.95 bits per heavy atom. The Labute approximate surface area is 130 Å². The molecule has 1 fully saturated rings. The van der Waals surface area contributed by atoms with E-state index in [1.54, 1.807) is 6.20 Å². The lowest BCUT2D eigenvalue weighted by Crippen LogP contribution is -2.40. The number of nitrogens with one attached hydrogen (secondary N) is 1. The van der Waals surface area contributed by atoms with E-state index in [2.05, 4.69) is 21.2 Å². The molecule has 0 spiro atoms. The van der Waals surface area contributed by atoms with Crippen LogP contribution in [0.2, 0.25) is 0 Å². The van der Waals surface area contributed by atoms with Gasteiger partial charge in [-0.05, 0) is 44.4 Å². The molecule has 3 rings (SSSR count). The van der Waals surface area contributed by atoms with Crippen LogP contribution in [0, 0.1) is 13.8 Å². The van der Waals surface area contributed by atoms with Crippen LogP contribution < -0.4 is 0 Å². The molecule has 0 unspecified atom stereocenters. The summed E-state index contributed by atoms with van der Waals surface area (Å²) in [4.78, 5) is 18.7. The van der Waals surface area contributed by atoms with Gasteiger partial charge < -0.3 is 4.90 Å². The van der Waals surface area contributed by atoms with Crippen molar-refractivity contribution in [3.63, 3.8) is 0 Å². The first kappa shape index (κ1) is 14.8. The average molecular weight is 298 g/mol. The fraction of sp³-hybridized carbons (Fsp3) is 0.471. The summed E-state index contributed by atoms with van der Waals surface area (Å²) in [5.41, 5.74) is 4.10. The molecule has 0 saturated carbocycles. The van der Waals surface area contributed by atoms with E-state index in [0.717, 1.165) is 48.6 Å². The van der Waals surface area contributed by atoms with Gasteiger partial charge in [-0.3, -0.25) is 14.9 Å². The number of aromatic nitrogens is 3. The number of aromatic amines is 1. The quantitative estimate of drug-likeness (QED) is 0.946. The van der Waals surface area contributed by atoms with Gasteiger partial charge in [0.25, 0.3) is 0 Å². The molecule has 1 amide bonds. The van der Waals surface area contributed by atoms with Crippen LogP contribution in [0.15, 0.2) is 24.4 Å². The predicted octanol–water partition coefficient (Wildman–Crippen LogP) is 2.37. The summed E-state index contributed by atoms with van der Waals surface area (Å²) < 4.78 is 0. The van der Waals surface area contributed by atoms with E-state index < -0.39 is 0 Å². The summed E-state index contributed by atoms with van der Waals surface area (Å²) in [6.45, 7) is 5.57. The Bertz CT molecular complexity index is 647. The molecule has 5 heteroatoms. The van der Waals surface area contributed by atoms with Crippen molar-refractivity contribution in [2.75, 3.05) is 13.1 Å². The van der Waals surface area contributed by atoms with Gasteiger partial charge >= 0.3 is 0 Å². The number of carbonyl (C=O) groups excluding carboxylic acids is 1. The molecule has 0 aliphatic carbocycles. The zero-order chi connectivity index (χ0) is 15.5. The predicted molar refractivity (Wildman–Crippen MR) is 84.6 cm³/mol. The maximum absolute atomic E-state index is 12.5. The number of hydrogen-bond acceptors (Lipinski definition) is 3. The van der Waals surface area contributed by atoms with Gasteiger partial charge in [0.15, 0.2) is 0 Å². The fourth-order valence-electron chi connectivity index (χ4n) is 2.98. The lowest BCUT2D eigenvalue weighted by molar-refractivity contribution is -0.131. The molecule has 2 aromatic rings. The van der Waals surface area contributed by atoms with Crippen LogP contribution in [0.3, 0.4) is 0 Å². The molecular weight excluding hydrogens is 276 g/mol. The van der Waals surface area contributed by atoms with E-state index >= 15 is 0 Å². The minimum atomic E-state index is 0.183. The zero-order valence-electron chi connectivity index (χ0n) is 13.2. The van der Waals surface area contributed by atoms with Crippen LogP contribution in [0.1, 0.15) is 41.4 Å². The highest BCUT2D eigenvalue weighted by atomic mass is 16.2. The van der Waals surface area contributed by atoms with E-state index in [1.807, 2.05) is 30.9 Å². The molecule has 22 heavy (non-hydrogen) atoms. The number of nitrogens with zero attached hydrogens (tertiary/aromatic N) is 3. The molecule has 116 valence electrons. The van der Waals surface area contributed by atoms with Crippen molar-refractivity contribution in [3.05, 3.63) is 47.0 Å². The number of hydrogen-bond donors (Lipinski definition) is 1. The lowest BCUT2D eigenvalue weighted by Gasteiger charge is -2.32. The van der Waals surface area contributed by atoms with Crippen LogP contribution in [-0.4, -0.2) is 39.1 Å². The minimum absolute atomic E-state index is 0.183. The van der Waals surface area contributed by atoms with Gasteiger partial charge in [-0.25, -0.2) is 0 Å². The molecule has 1 atom stereocenters. The van der Waals surface area contributed by atoms with Gasteiger partial charge in [-0.15, -0.1) is 0 Å². The Kier molecular flexibility index (Phi) is 4.22. The molecule has 3 heterocycles. The van der Waals surface area contributed by atoms with Crippen molar-refractivity contribution < 1.29 is 4.79 Å². The van der Waals surface area contributed by atoms with Crippen LogP contribution in [-0.2, 0) is 11.2 Å². The van der Waals surface area contributed by atoms with Gasteiger partial charge in [0, 0.05) is 36.6 Å². The largest absolute Gasteiger partial charge is 0.342 e. The van der Waals surface area contributed by atoms with Crippen LogP contribution >= 0.6 is 0 Å². The highest BCUT2D eigenvalue weighted by molar-refractivity contribution is 5.78. The highest BCUT2D eigenvalue weighted by Gasteiger charge is 2.26. The molecule has 1 aliphatic rings. The molecule has 1 aliphatic heterocycles. The second-order valence-corrected chi connectivity index (χ2v) is 6.14. The first-order chi connectivity index (χ1) is 10.6. The summed E-state index contributed by atoms with van der Waals surface area (Å²) in [6, 6.07) is 6.02. The van der Waals surface area contributed by atoms with Crippen molar-refractivity contribution in [1.82, 2.24) is 20.1 Å². The van der Waals surface area contributed by atoms with Gasteiger partial charge in [-0.2, -0.15) is 5.10 Å². The molecule has 2 aromatic heterocycles. The van der Waals surface area contributed by atoms with Crippen molar-refractivity contribution in [2.24, 2.45) is 0 Å². The standard InChI is InChI=1S/C17H22N4O/c1-12-5-6-14(10-18-12)9-17(22)21-7-3-4-15(11-21)16-8-13(2)19-20-16/h5-6,8,10,15H,3-4,7,9,11H2,1-2H3,(H,19,20)/t15-/m0/s1. The smallest absolute Gasteiger partial charge is 0.227 e. The van der Waals surface area contributed by atoms with E-state index in [9.17, 15) is 4.79 Å². The monoisotopic (exact) mass is 298 g/mol. The summed E-state index contributed by atoms with van der Waals surface area (Å²) in [7, 11) is 0. The third-order valence-corrected chi connectivity index (χ3v) is 4.25. The average Bonchev–Trinajstić information content (AvgIpc) is 2.96. The number of piperidine rings is 1. The second kappa shape index (κ2) is 6.30. The number of carbonyl (C=O) groups is 1. The normalized spacial score (nSPS) is 18.5. The SMILES string of the molecule is Cc1ccc(CC(=O)N2CCC[C@H](c3cc(C)[nH]n3)C2)cn1. The third kappa shape index (κ3) is 3.35. The molecular formula is C17H22N4O. The summed E-state index contributed by atoms with van der Waals surface area (Å²) in [6.07, 6.45) is 4.36. The minimum Gasteiger partial charge on any atom is -0.342 e. The fourth-order valence-corrected chi connectivity index (χ4v) is 2.98. The van der Waals surface area contributed by atoms with Crippen LogP contribution in [0.25, 0.3) is 0 Å². The topological polar surface area (TPSA) is 61.9 Å². The summed E-state index contributed by atoms with van der Waals surface area (Å²) >= 11 is 0. The van der Waals surface area contributed by atoms with E-state index in [0.29, 0.717) is 12.3 Å². The lowest BCUT2D eigenvalue weighted by atomic mass is 9.94. The Hall–Kier alpha value is -2.17. The molecule has 1 N–H and O–H groups in total. The van der Waals surface area contributed by atoms with Crippen molar-refractivity contribution in [1.29, 1.82) is 0 Å². The van der Waals surface area contributed by atoms with Gasteiger partial charge in [0.1, 0.15) is 0 Å². The number of rotatable bonds is 3. The molecule has 0 bridgehead atoms. The van der Waals surface area contributed by atoms with Crippen molar-refractivity contribution in [3.8, 4) is 0 Å². The first-order valence-corrected chi connectivity index (χ1v) is 7.83. The number of likely N-dealkylation sites (tertiary alicyclic amines) is 1. The number of amides is 1. The Morgan fingerprint density at radius 2 is 2.27 bits per heavy atom. The molecule has 0 radical (unpaired) electrons. The van der Waals surface area contributed by atoms with E-state index in [4.69, 9.17) is 0 Å². The maximum Gasteiger partial charge on any atom is 0.227 e. The Balaban J connectivity index is 1.63. The van der Waals surface area contributed by atoms with Crippen LogP contribution in [0.4, 0.5) is 0 Å².